The topological polar surface area (TPSA) is 122 Å². The van der Waals surface area contributed by atoms with Crippen LogP contribution in [0.25, 0.3) is 0 Å². The van der Waals surface area contributed by atoms with Crippen LogP contribution in [0.2, 0.25) is 0 Å². The van der Waals surface area contributed by atoms with Crippen molar-refractivity contribution < 1.29 is 21.6 Å². The van der Waals surface area contributed by atoms with Crippen LogP contribution in [0.4, 0.5) is 11.4 Å². The van der Waals surface area contributed by atoms with Gasteiger partial charge in [-0.2, -0.15) is 8.42 Å². The Kier molecular flexibility index (Phi) is 5.26. The molecule has 1 aliphatic rings. The van der Waals surface area contributed by atoms with Gasteiger partial charge in [-0.3, -0.25) is 4.79 Å². The highest BCUT2D eigenvalue weighted by Gasteiger charge is 2.27. The van der Waals surface area contributed by atoms with Gasteiger partial charge in [-0.05, 0) is 43.2 Å². The number of sulfone groups is 1. The summed E-state index contributed by atoms with van der Waals surface area (Å²) in [4.78, 5) is 11.8. The third-order valence-corrected chi connectivity index (χ3v) is 7.18. The summed E-state index contributed by atoms with van der Waals surface area (Å²) in [5.41, 5.74) is 1.67. The third kappa shape index (κ3) is 4.07. The second kappa shape index (κ2) is 7.36. The summed E-state index contributed by atoms with van der Waals surface area (Å²) in [5, 5.41) is 5.38. The molecule has 0 bridgehead atoms. The number of para-hydroxylation sites is 1. The fraction of sp³-hybridized carbons (Fsp3) is 0.222. The molecule has 2 aromatic carbocycles. The zero-order valence-electron chi connectivity index (χ0n) is 15.3. The molecule has 3 rings (SSSR count). The van der Waals surface area contributed by atoms with Crippen molar-refractivity contribution in [3.05, 3.63) is 48.0 Å². The number of rotatable bonds is 5. The van der Waals surface area contributed by atoms with Gasteiger partial charge in [-0.15, -0.1) is 4.40 Å². The number of fused-ring (bicyclic) bond motifs is 1. The number of hydrogen-bond acceptors (Lipinski definition) is 6. The predicted molar refractivity (Wildman–Crippen MR) is 107 cm³/mol. The zero-order valence-corrected chi connectivity index (χ0v) is 16.9. The van der Waals surface area contributed by atoms with Gasteiger partial charge in [0.15, 0.2) is 9.84 Å². The van der Waals surface area contributed by atoms with Crippen molar-refractivity contribution in [3.8, 4) is 0 Å². The number of carbonyl (C=O) groups excluding carboxylic acids is 1. The quantitative estimate of drug-likeness (QED) is 0.763. The number of sulfonamides is 1. The second-order valence-corrected chi connectivity index (χ2v) is 9.81. The first-order valence-corrected chi connectivity index (χ1v) is 11.5. The first-order chi connectivity index (χ1) is 13.1. The largest absolute Gasteiger partial charge is 0.342 e. The predicted octanol–water partition coefficient (Wildman–Crippen LogP) is 2.19. The van der Waals surface area contributed by atoms with E-state index in [-0.39, 0.29) is 21.3 Å². The van der Waals surface area contributed by atoms with Crippen molar-refractivity contribution in [3.63, 3.8) is 0 Å². The summed E-state index contributed by atoms with van der Waals surface area (Å²) in [5.74, 6) is -1.31. The van der Waals surface area contributed by atoms with Crippen molar-refractivity contribution in [2.75, 3.05) is 16.4 Å². The SMILES string of the molecule is CCc1ccccc1NC(=O)CS(=O)(=O)c1ccc2c(c1)S(=O)(=O)N=C(C)N2. The van der Waals surface area contributed by atoms with Crippen molar-refractivity contribution in [1.82, 2.24) is 0 Å². The van der Waals surface area contributed by atoms with Crippen LogP contribution in [0.1, 0.15) is 19.4 Å². The molecule has 0 spiro atoms. The Balaban J connectivity index is 1.86. The van der Waals surface area contributed by atoms with Crippen LogP contribution in [-0.2, 0) is 31.1 Å². The van der Waals surface area contributed by atoms with E-state index < -0.39 is 31.5 Å². The highest BCUT2D eigenvalue weighted by molar-refractivity contribution is 7.92. The molecule has 0 saturated heterocycles. The van der Waals surface area contributed by atoms with Crippen LogP contribution < -0.4 is 10.6 Å². The molecule has 0 unspecified atom stereocenters. The van der Waals surface area contributed by atoms with Gasteiger partial charge in [0.2, 0.25) is 5.91 Å². The van der Waals surface area contributed by atoms with E-state index in [0.717, 1.165) is 11.6 Å². The molecular weight excluding hydrogens is 402 g/mol. The molecule has 0 radical (unpaired) electrons. The summed E-state index contributed by atoms with van der Waals surface area (Å²) < 4.78 is 53.2. The number of anilines is 2. The molecule has 1 heterocycles. The smallest absolute Gasteiger partial charge is 0.286 e. The summed E-state index contributed by atoms with van der Waals surface area (Å²) in [6.07, 6.45) is 0.679. The number of nitrogens with zero attached hydrogens (tertiary/aromatic N) is 1. The van der Waals surface area contributed by atoms with Crippen molar-refractivity contribution in [2.24, 2.45) is 4.40 Å². The maximum Gasteiger partial charge on any atom is 0.286 e. The van der Waals surface area contributed by atoms with Gasteiger partial charge in [-0.1, -0.05) is 25.1 Å². The molecule has 2 aromatic rings. The maximum atomic E-state index is 12.6. The van der Waals surface area contributed by atoms with Crippen LogP contribution in [0.5, 0.6) is 0 Å². The van der Waals surface area contributed by atoms with E-state index in [4.69, 9.17) is 0 Å². The monoisotopic (exact) mass is 421 g/mol. The third-order valence-electron chi connectivity index (χ3n) is 4.16. The highest BCUT2D eigenvalue weighted by atomic mass is 32.2. The molecule has 1 amide bonds. The van der Waals surface area contributed by atoms with Gasteiger partial charge in [0.05, 0.1) is 10.6 Å². The Morgan fingerprint density at radius 1 is 1.18 bits per heavy atom. The van der Waals surface area contributed by atoms with Crippen molar-refractivity contribution in [2.45, 2.75) is 30.1 Å². The number of nitrogens with one attached hydrogen (secondary N) is 2. The number of benzene rings is 2. The van der Waals surface area contributed by atoms with Gasteiger partial charge < -0.3 is 10.6 Å². The van der Waals surface area contributed by atoms with E-state index in [1.54, 1.807) is 12.1 Å². The van der Waals surface area contributed by atoms with Gasteiger partial charge in [0.25, 0.3) is 10.0 Å². The standard InChI is InChI=1S/C18H19N3O5S2/c1-3-13-6-4-5-7-15(13)20-18(22)11-27(23,24)14-8-9-16-17(10-14)28(25,26)21-12(2)19-16/h4-10H,3,11H2,1-2H3,(H,19,21)(H,20,22). The lowest BCUT2D eigenvalue weighted by Gasteiger charge is -2.17. The normalized spacial score (nSPS) is 15.1. The molecule has 2 N–H and O–H groups in total. The van der Waals surface area contributed by atoms with Crippen molar-refractivity contribution in [1.29, 1.82) is 0 Å². The minimum absolute atomic E-state index is 0.192. The van der Waals surface area contributed by atoms with Crippen LogP contribution in [-0.4, -0.2) is 34.3 Å². The van der Waals surface area contributed by atoms with Gasteiger partial charge in [0.1, 0.15) is 16.5 Å². The van der Waals surface area contributed by atoms with Crippen LogP contribution in [0.15, 0.2) is 56.7 Å². The highest BCUT2D eigenvalue weighted by Crippen LogP contribution is 2.30. The zero-order chi connectivity index (χ0) is 20.5. The molecule has 28 heavy (non-hydrogen) atoms. The Morgan fingerprint density at radius 2 is 1.89 bits per heavy atom. The molecule has 0 aromatic heterocycles. The van der Waals surface area contributed by atoms with Crippen molar-refractivity contribution >= 4 is 43.0 Å². The fourth-order valence-corrected chi connectivity index (χ4v) is 5.26. The number of amidine groups is 1. The molecule has 148 valence electrons. The lowest BCUT2D eigenvalue weighted by Crippen LogP contribution is -2.24. The Labute approximate surface area is 163 Å². The molecular formula is C18H19N3O5S2. The molecule has 10 heteroatoms. The molecule has 8 nitrogen and oxygen atoms in total. The van der Waals surface area contributed by atoms with Crippen LogP contribution in [0, 0.1) is 0 Å². The molecule has 0 fully saturated rings. The second-order valence-electron chi connectivity index (χ2n) is 6.25. The number of hydrogen-bond donors (Lipinski definition) is 2. The average Bonchev–Trinajstić information content (AvgIpc) is 2.60. The molecule has 0 atom stereocenters. The Bertz CT molecular complexity index is 1190. The van der Waals surface area contributed by atoms with E-state index in [0.29, 0.717) is 12.1 Å². The summed E-state index contributed by atoms with van der Waals surface area (Å²) in [6.45, 7) is 3.41. The van der Waals surface area contributed by atoms with Gasteiger partial charge in [0, 0.05) is 5.69 Å². The molecule has 0 saturated carbocycles. The molecule has 1 aliphatic heterocycles. The Hall–Kier alpha value is -2.72. The number of carbonyl (C=O) groups is 1. The van der Waals surface area contributed by atoms with E-state index >= 15 is 0 Å². The van der Waals surface area contributed by atoms with E-state index in [1.165, 1.54) is 19.1 Å². The van der Waals surface area contributed by atoms with E-state index in [2.05, 4.69) is 15.0 Å². The van der Waals surface area contributed by atoms with E-state index in [9.17, 15) is 21.6 Å². The lowest BCUT2D eigenvalue weighted by atomic mass is 10.1. The number of amides is 1. The lowest BCUT2D eigenvalue weighted by molar-refractivity contribution is -0.113. The van der Waals surface area contributed by atoms with Gasteiger partial charge in [-0.25, -0.2) is 8.42 Å². The first kappa shape index (κ1) is 20.0. The maximum absolute atomic E-state index is 12.6. The van der Waals surface area contributed by atoms with Gasteiger partial charge >= 0.3 is 0 Å². The minimum Gasteiger partial charge on any atom is -0.342 e. The Morgan fingerprint density at radius 3 is 2.61 bits per heavy atom. The first-order valence-electron chi connectivity index (χ1n) is 8.45. The molecule has 0 aliphatic carbocycles. The minimum atomic E-state index is -4.05. The summed E-state index contributed by atoms with van der Waals surface area (Å²) in [6, 6.07) is 10.7. The summed E-state index contributed by atoms with van der Waals surface area (Å²) in [7, 11) is -8.05. The number of aryl methyl sites for hydroxylation is 1. The van der Waals surface area contributed by atoms with Crippen LogP contribution in [0.3, 0.4) is 0 Å². The summed E-state index contributed by atoms with van der Waals surface area (Å²) >= 11 is 0. The fourth-order valence-electron chi connectivity index (χ4n) is 2.85. The van der Waals surface area contributed by atoms with E-state index in [1.807, 2.05) is 19.1 Å². The van der Waals surface area contributed by atoms with Crippen LogP contribution >= 0.6 is 0 Å². The average molecular weight is 422 g/mol.